The van der Waals surface area contributed by atoms with E-state index in [0.29, 0.717) is 11.1 Å². The highest BCUT2D eigenvalue weighted by atomic mass is 16.4. The maximum Gasteiger partial charge on any atom is 0.170 e. The van der Waals surface area contributed by atoms with Gasteiger partial charge >= 0.3 is 0 Å². The van der Waals surface area contributed by atoms with E-state index in [1.807, 2.05) is 12.1 Å². The maximum atomic E-state index is 8.55. The van der Waals surface area contributed by atoms with E-state index in [9.17, 15) is 0 Å². The molecule has 0 saturated heterocycles. The monoisotopic (exact) mass is 319 g/mol. The van der Waals surface area contributed by atoms with Crippen LogP contribution in [-0.4, -0.2) is 11.0 Å². The van der Waals surface area contributed by atoms with Crippen molar-refractivity contribution in [3.05, 3.63) is 72.2 Å². The highest BCUT2D eigenvalue weighted by Crippen LogP contribution is 2.17. The molecule has 0 aliphatic rings. The normalized spacial score (nSPS) is 11.0. The van der Waals surface area contributed by atoms with E-state index < -0.39 is 0 Å². The number of furan rings is 2. The molecule has 4 aromatic rings. The summed E-state index contributed by atoms with van der Waals surface area (Å²) in [4.78, 5) is 0. The lowest BCUT2D eigenvalue weighted by Gasteiger charge is -1.96. The summed E-state index contributed by atoms with van der Waals surface area (Å²) >= 11 is 0. The zero-order chi connectivity index (χ0) is 16.9. The molecule has 24 heavy (non-hydrogen) atoms. The van der Waals surface area contributed by atoms with Crippen molar-refractivity contribution in [3.8, 4) is 6.07 Å². The molecule has 0 bridgehead atoms. The Hall–Kier alpha value is -3.72. The van der Waals surface area contributed by atoms with Gasteiger partial charge in [-0.1, -0.05) is 5.16 Å². The van der Waals surface area contributed by atoms with E-state index in [0.717, 1.165) is 21.9 Å². The third kappa shape index (κ3) is 3.05. The molecule has 0 radical (unpaired) electrons. The van der Waals surface area contributed by atoms with Gasteiger partial charge in [0.1, 0.15) is 11.2 Å². The minimum absolute atomic E-state index is 0.100. The molecule has 0 fully saturated rings. The van der Waals surface area contributed by atoms with Crippen LogP contribution in [0, 0.1) is 11.3 Å². The van der Waals surface area contributed by atoms with Crippen LogP contribution in [0.5, 0.6) is 0 Å². The predicted molar refractivity (Wildman–Crippen MR) is 89.7 cm³/mol. The van der Waals surface area contributed by atoms with Crippen molar-refractivity contribution in [2.24, 2.45) is 10.9 Å². The van der Waals surface area contributed by atoms with Gasteiger partial charge in [0.25, 0.3) is 0 Å². The van der Waals surface area contributed by atoms with Crippen molar-refractivity contribution in [1.29, 1.82) is 5.26 Å². The molecule has 3 N–H and O–H groups in total. The third-order valence-electron chi connectivity index (χ3n) is 3.44. The van der Waals surface area contributed by atoms with Crippen molar-refractivity contribution in [3.63, 3.8) is 0 Å². The minimum atomic E-state index is 0.100. The van der Waals surface area contributed by atoms with Gasteiger partial charge < -0.3 is 19.8 Å². The Morgan fingerprint density at radius 2 is 1.58 bits per heavy atom. The summed E-state index contributed by atoms with van der Waals surface area (Å²) in [6.45, 7) is 0. The molecule has 0 aliphatic carbocycles. The highest BCUT2D eigenvalue weighted by molar-refractivity contribution is 5.99. The smallest absolute Gasteiger partial charge is 0.170 e. The largest absolute Gasteiger partial charge is 0.464 e. The van der Waals surface area contributed by atoms with Crippen molar-refractivity contribution >= 4 is 27.8 Å². The molecule has 0 atom stereocenters. The van der Waals surface area contributed by atoms with Crippen LogP contribution in [0.25, 0.3) is 21.9 Å². The molecule has 0 spiro atoms. The second kappa shape index (κ2) is 6.58. The molecule has 0 saturated carbocycles. The molecule has 6 heteroatoms. The first-order valence-electron chi connectivity index (χ1n) is 7.04. The SMILES string of the molecule is N#Cc1ccc2occc2c1.NC(=NO)c1ccc2occc2c1. The summed E-state index contributed by atoms with van der Waals surface area (Å²) in [5.74, 6) is 0.100. The number of rotatable bonds is 1. The van der Waals surface area contributed by atoms with E-state index >= 15 is 0 Å². The van der Waals surface area contributed by atoms with Gasteiger partial charge in [-0.3, -0.25) is 0 Å². The van der Waals surface area contributed by atoms with Gasteiger partial charge in [-0.15, -0.1) is 0 Å². The van der Waals surface area contributed by atoms with Gasteiger partial charge in [0.2, 0.25) is 0 Å². The summed E-state index contributed by atoms with van der Waals surface area (Å²) in [6, 6.07) is 16.4. The minimum Gasteiger partial charge on any atom is -0.464 e. The van der Waals surface area contributed by atoms with E-state index in [-0.39, 0.29) is 5.84 Å². The van der Waals surface area contributed by atoms with Crippen molar-refractivity contribution in [2.75, 3.05) is 0 Å². The van der Waals surface area contributed by atoms with Crippen LogP contribution in [0.15, 0.2) is 75.0 Å². The number of amidine groups is 1. The van der Waals surface area contributed by atoms with Crippen molar-refractivity contribution < 1.29 is 14.0 Å². The second-order valence-electron chi connectivity index (χ2n) is 4.94. The standard InChI is InChI=1S/C9H8N2O2.C9H5NO/c10-9(11-12)7-1-2-8-6(5-7)3-4-13-8;10-6-7-1-2-9-8(5-7)3-4-11-9/h1-5,12H,(H2,10,11);1-5H. The zero-order valence-corrected chi connectivity index (χ0v) is 12.5. The second-order valence-corrected chi connectivity index (χ2v) is 4.94. The number of nitrogens with zero attached hydrogens (tertiary/aromatic N) is 2. The summed E-state index contributed by atoms with van der Waals surface area (Å²) in [7, 11) is 0. The molecular formula is C18H13N3O3. The fourth-order valence-electron chi connectivity index (χ4n) is 2.22. The average molecular weight is 319 g/mol. The number of hydrogen-bond acceptors (Lipinski definition) is 5. The van der Waals surface area contributed by atoms with Crippen LogP contribution in [0.4, 0.5) is 0 Å². The predicted octanol–water partition coefficient (Wildman–Crippen LogP) is 3.83. The molecular weight excluding hydrogens is 306 g/mol. The van der Waals surface area contributed by atoms with Gasteiger partial charge in [-0.25, -0.2) is 0 Å². The van der Waals surface area contributed by atoms with Crippen LogP contribution < -0.4 is 5.73 Å². The van der Waals surface area contributed by atoms with E-state index in [1.54, 1.807) is 48.9 Å². The topological polar surface area (TPSA) is 109 Å². The quantitative estimate of drug-likeness (QED) is 0.240. The molecule has 0 unspecified atom stereocenters. The molecule has 118 valence electrons. The first kappa shape index (κ1) is 15.2. The highest BCUT2D eigenvalue weighted by Gasteiger charge is 2.01. The van der Waals surface area contributed by atoms with Gasteiger partial charge in [-0.05, 0) is 48.5 Å². The Morgan fingerprint density at radius 3 is 2.21 bits per heavy atom. The maximum absolute atomic E-state index is 8.55. The third-order valence-corrected chi connectivity index (χ3v) is 3.44. The van der Waals surface area contributed by atoms with Crippen LogP contribution in [0.2, 0.25) is 0 Å². The van der Waals surface area contributed by atoms with E-state index in [1.165, 1.54) is 0 Å². The number of hydrogen-bond donors (Lipinski definition) is 2. The van der Waals surface area contributed by atoms with Gasteiger partial charge in [0.15, 0.2) is 5.84 Å². The number of nitrogens with two attached hydrogens (primary N) is 1. The molecule has 2 aromatic carbocycles. The van der Waals surface area contributed by atoms with Gasteiger partial charge in [-0.2, -0.15) is 5.26 Å². The first-order valence-corrected chi connectivity index (χ1v) is 7.04. The molecule has 6 nitrogen and oxygen atoms in total. The summed E-state index contributed by atoms with van der Waals surface area (Å²) in [6.07, 6.45) is 3.21. The molecule has 2 aromatic heterocycles. The number of oxime groups is 1. The Balaban J connectivity index is 0.000000143. The summed E-state index contributed by atoms with van der Waals surface area (Å²) < 4.78 is 10.3. The van der Waals surface area contributed by atoms with E-state index in [2.05, 4.69) is 11.2 Å². The zero-order valence-electron chi connectivity index (χ0n) is 12.5. The van der Waals surface area contributed by atoms with Crippen molar-refractivity contribution in [2.45, 2.75) is 0 Å². The molecule has 0 amide bonds. The number of fused-ring (bicyclic) bond motifs is 2. The Labute approximate surface area is 137 Å². The van der Waals surface area contributed by atoms with Crippen LogP contribution in [-0.2, 0) is 0 Å². The fraction of sp³-hybridized carbons (Fsp3) is 0. The Kier molecular flexibility index (Phi) is 4.17. The van der Waals surface area contributed by atoms with Crippen LogP contribution in [0.1, 0.15) is 11.1 Å². The molecule has 0 aliphatic heterocycles. The van der Waals surface area contributed by atoms with Gasteiger partial charge in [0, 0.05) is 16.3 Å². The van der Waals surface area contributed by atoms with E-state index in [4.69, 9.17) is 25.0 Å². The lowest BCUT2D eigenvalue weighted by molar-refractivity contribution is 0.318. The van der Waals surface area contributed by atoms with Crippen LogP contribution in [0.3, 0.4) is 0 Å². The number of benzene rings is 2. The molecule has 4 rings (SSSR count). The van der Waals surface area contributed by atoms with Gasteiger partial charge in [0.05, 0.1) is 24.2 Å². The summed E-state index contributed by atoms with van der Waals surface area (Å²) in [5.41, 5.74) is 8.38. The van der Waals surface area contributed by atoms with Crippen molar-refractivity contribution in [1.82, 2.24) is 0 Å². The summed E-state index contributed by atoms with van der Waals surface area (Å²) in [5, 5.41) is 21.8. The lowest BCUT2D eigenvalue weighted by atomic mass is 10.1. The Bertz CT molecular complexity index is 1050. The first-order chi connectivity index (χ1) is 11.7. The Morgan fingerprint density at radius 1 is 0.958 bits per heavy atom. The lowest BCUT2D eigenvalue weighted by Crippen LogP contribution is -2.12. The van der Waals surface area contributed by atoms with Crippen LogP contribution >= 0.6 is 0 Å². The number of nitriles is 1. The molecule has 2 heterocycles. The fourth-order valence-corrected chi connectivity index (χ4v) is 2.22. The average Bonchev–Trinajstić information content (AvgIpc) is 3.28.